The van der Waals surface area contributed by atoms with E-state index in [9.17, 15) is 4.79 Å². The number of carbonyl (C=O) groups is 1. The number of hydrogen-bond acceptors (Lipinski definition) is 5. The molecule has 1 aromatic heterocycles. The maximum absolute atomic E-state index is 12.1. The third kappa shape index (κ3) is 4.72. The summed E-state index contributed by atoms with van der Waals surface area (Å²) in [7, 11) is 0. The van der Waals surface area contributed by atoms with Crippen LogP contribution < -0.4 is 10.6 Å². The molecular weight excluding hydrogens is 364 g/mol. The van der Waals surface area contributed by atoms with Crippen molar-refractivity contribution < 1.29 is 9.32 Å². The third-order valence-electron chi connectivity index (χ3n) is 4.44. The number of aromatic nitrogens is 2. The van der Waals surface area contributed by atoms with Gasteiger partial charge in [-0.1, -0.05) is 29.4 Å². The first-order valence-corrected chi connectivity index (χ1v) is 8.78. The molecule has 2 N–H and O–H groups in total. The lowest BCUT2D eigenvalue weighted by atomic mass is 10.00. The van der Waals surface area contributed by atoms with Crippen LogP contribution in [0.1, 0.15) is 17.0 Å². The number of anilines is 1. The van der Waals surface area contributed by atoms with Gasteiger partial charge in [-0.2, -0.15) is 4.98 Å². The predicted octanol–water partition coefficient (Wildman–Crippen LogP) is 3.03. The van der Waals surface area contributed by atoms with Crippen molar-refractivity contribution in [1.82, 2.24) is 15.5 Å². The van der Waals surface area contributed by atoms with E-state index in [0.29, 0.717) is 11.7 Å². The van der Waals surface area contributed by atoms with Crippen molar-refractivity contribution in [3.63, 3.8) is 0 Å². The van der Waals surface area contributed by atoms with Gasteiger partial charge < -0.3 is 15.2 Å². The molecule has 0 spiro atoms. The Kier molecular flexibility index (Phi) is 6.21. The summed E-state index contributed by atoms with van der Waals surface area (Å²) in [6.45, 7) is 1.98. The molecule has 0 atom stereocenters. The molecule has 1 amide bonds. The Balaban J connectivity index is 0.00000210. The highest BCUT2D eigenvalue weighted by Crippen LogP contribution is 2.23. The molecule has 140 valence electrons. The lowest BCUT2D eigenvalue weighted by Gasteiger charge is -2.05. The maximum Gasteiger partial charge on any atom is 0.257 e. The van der Waals surface area contributed by atoms with Gasteiger partial charge in [-0.3, -0.25) is 4.79 Å². The highest BCUT2D eigenvalue weighted by Gasteiger charge is 2.15. The Morgan fingerprint density at radius 3 is 2.67 bits per heavy atom. The summed E-state index contributed by atoms with van der Waals surface area (Å²) in [5, 5.41) is 10.2. The van der Waals surface area contributed by atoms with Crippen molar-refractivity contribution in [2.45, 2.75) is 19.3 Å². The van der Waals surface area contributed by atoms with E-state index in [1.807, 2.05) is 36.4 Å². The van der Waals surface area contributed by atoms with E-state index in [-0.39, 0.29) is 24.7 Å². The molecule has 27 heavy (non-hydrogen) atoms. The van der Waals surface area contributed by atoms with Gasteiger partial charge in [0, 0.05) is 11.3 Å². The van der Waals surface area contributed by atoms with Crippen LogP contribution in [0.25, 0.3) is 11.5 Å². The highest BCUT2D eigenvalue weighted by atomic mass is 35.5. The summed E-state index contributed by atoms with van der Waals surface area (Å²) in [6, 6.07) is 15.6. The van der Waals surface area contributed by atoms with E-state index < -0.39 is 0 Å². The fourth-order valence-electron chi connectivity index (χ4n) is 3.12. The first-order valence-electron chi connectivity index (χ1n) is 8.78. The topological polar surface area (TPSA) is 80.1 Å². The van der Waals surface area contributed by atoms with E-state index in [1.165, 1.54) is 11.1 Å². The quantitative estimate of drug-likeness (QED) is 0.722. The fourth-order valence-corrected chi connectivity index (χ4v) is 3.12. The fraction of sp³-hybridized carbons (Fsp3) is 0.250. The largest absolute Gasteiger partial charge is 0.334 e. The number of hydrogen-bond donors (Lipinski definition) is 2. The van der Waals surface area contributed by atoms with Crippen LogP contribution in [0.15, 0.2) is 53.1 Å². The predicted molar refractivity (Wildman–Crippen MR) is 106 cm³/mol. The molecule has 4 rings (SSSR count). The summed E-state index contributed by atoms with van der Waals surface area (Å²) in [4.78, 5) is 16.5. The molecule has 0 radical (unpaired) electrons. The van der Waals surface area contributed by atoms with Crippen molar-refractivity contribution in [2.75, 3.05) is 18.4 Å². The van der Waals surface area contributed by atoms with Gasteiger partial charge in [0.15, 0.2) is 5.82 Å². The van der Waals surface area contributed by atoms with Crippen molar-refractivity contribution in [3.8, 4) is 11.5 Å². The summed E-state index contributed by atoms with van der Waals surface area (Å²) in [5.74, 6) is 0.661. The average molecular weight is 385 g/mol. The Hall–Kier alpha value is -2.70. The lowest BCUT2D eigenvalue weighted by molar-refractivity contribution is -0.115. The van der Waals surface area contributed by atoms with Crippen LogP contribution in [0, 0.1) is 0 Å². The molecule has 0 saturated carbocycles. The molecule has 6 nitrogen and oxygen atoms in total. The Morgan fingerprint density at radius 2 is 1.85 bits per heavy atom. The zero-order chi connectivity index (χ0) is 17.8. The van der Waals surface area contributed by atoms with E-state index in [4.69, 9.17) is 4.52 Å². The van der Waals surface area contributed by atoms with Crippen LogP contribution in [-0.4, -0.2) is 29.1 Å². The van der Waals surface area contributed by atoms with Crippen LogP contribution in [0.4, 0.5) is 5.69 Å². The van der Waals surface area contributed by atoms with Crippen LogP contribution >= 0.6 is 12.4 Å². The number of nitrogens with one attached hydrogen (secondary N) is 2. The van der Waals surface area contributed by atoms with Crippen molar-refractivity contribution >= 4 is 24.0 Å². The molecule has 0 bridgehead atoms. The van der Waals surface area contributed by atoms with Gasteiger partial charge in [0.05, 0.1) is 6.42 Å². The minimum absolute atomic E-state index is 0. The van der Waals surface area contributed by atoms with E-state index in [2.05, 4.69) is 32.9 Å². The van der Waals surface area contributed by atoms with E-state index >= 15 is 0 Å². The number of amides is 1. The Bertz CT molecular complexity index is 911. The number of carbonyl (C=O) groups excluding carboxylic acids is 1. The second-order valence-electron chi connectivity index (χ2n) is 6.34. The maximum atomic E-state index is 12.1. The minimum atomic E-state index is -0.170. The van der Waals surface area contributed by atoms with Gasteiger partial charge in [0.25, 0.3) is 5.89 Å². The van der Waals surface area contributed by atoms with Crippen molar-refractivity contribution in [3.05, 3.63) is 65.5 Å². The molecule has 0 unspecified atom stereocenters. The molecule has 0 fully saturated rings. The third-order valence-corrected chi connectivity index (χ3v) is 4.44. The second-order valence-corrected chi connectivity index (χ2v) is 6.34. The first-order chi connectivity index (χ1) is 12.8. The number of para-hydroxylation sites is 1. The number of rotatable bonds is 4. The van der Waals surface area contributed by atoms with Crippen molar-refractivity contribution in [1.29, 1.82) is 0 Å². The lowest BCUT2D eigenvalue weighted by Crippen LogP contribution is -2.16. The number of halogens is 1. The highest BCUT2D eigenvalue weighted by molar-refractivity contribution is 5.91. The smallest absolute Gasteiger partial charge is 0.257 e. The molecule has 1 aliphatic rings. The summed E-state index contributed by atoms with van der Waals surface area (Å²) >= 11 is 0. The van der Waals surface area contributed by atoms with Crippen LogP contribution in [-0.2, 0) is 24.1 Å². The molecule has 0 aliphatic carbocycles. The van der Waals surface area contributed by atoms with Crippen molar-refractivity contribution in [2.24, 2.45) is 0 Å². The minimum Gasteiger partial charge on any atom is -0.334 e. The van der Waals surface area contributed by atoms with E-state index in [0.717, 1.165) is 37.2 Å². The normalized spacial score (nSPS) is 13.2. The summed E-state index contributed by atoms with van der Waals surface area (Å²) in [5.41, 5.74) is 4.32. The van der Waals surface area contributed by atoms with Crippen LogP contribution in [0.2, 0.25) is 0 Å². The molecular formula is C20H21ClN4O2. The monoisotopic (exact) mass is 384 g/mol. The second kappa shape index (κ2) is 8.79. The molecule has 7 heteroatoms. The average Bonchev–Trinajstić information content (AvgIpc) is 2.98. The molecule has 2 heterocycles. The van der Waals surface area contributed by atoms with Gasteiger partial charge in [0.2, 0.25) is 5.91 Å². The van der Waals surface area contributed by atoms with E-state index in [1.54, 1.807) is 0 Å². The van der Waals surface area contributed by atoms with Gasteiger partial charge in [-0.05, 0) is 61.3 Å². The number of benzene rings is 2. The van der Waals surface area contributed by atoms with Gasteiger partial charge in [0.1, 0.15) is 0 Å². The van der Waals surface area contributed by atoms with Crippen LogP contribution in [0.5, 0.6) is 0 Å². The molecule has 0 saturated heterocycles. The standard InChI is InChI=1S/C20H20N4O2.ClH/c25-19(22-17-4-2-1-3-5-17)13-18-23-20(26-24-18)16-7-6-14-8-10-21-11-9-15(14)12-16;/h1-7,12,21H,8-11,13H2,(H,22,25);1H. The van der Waals surface area contributed by atoms with Gasteiger partial charge >= 0.3 is 0 Å². The number of fused-ring (bicyclic) bond motifs is 1. The van der Waals surface area contributed by atoms with Gasteiger partial charge in [-0.25, -0.2) is 0 Å². The molecule has 3 aromatic rings. The first kappa shape index (κ1) is 19.1. The Morgan fingerprint density at radius 1 is 1.07 bits per heavy atom. The summed E-state index contributed by atoms with van der Waals surface area (Å²) in [6.07, 6.45) is 2.10. The number of nitrogens with zero attached hydrogens (tertiary/aromatic N) is 2. The van der Waals surface area contributed by atoms with Gasteiger partial charge in [-0.15, -0.1) is 12.4 Å². The SMILES string of the molecule is Cl.O=C(Cc1noc(-c2ccc3c(c2)CCNCC3)n1)Nc1ccccc1. The zero-order valence-electron chi connectivity index (χ0n) is 14.8. The summed E-state index contributed by atoms with van der Waals surface area (Å²) < 4.78 is 5.37. The molecule has 1 aliphatic heterocycles. The Labute approximate surface area is 163 Å². The zero-order valence-corrected chi connectivity index (χ0v) is 15.6. The van der Waals surface area contributed by atoms with Crippen LogP contribution in [0.3, 0.4) is 0 Å². The molecule has 2 aromatic carbocycles.